The van der Waals surface area contributed by atoms with Gasteiger partial charge in [-0.2, -0.15) is 0 Å². The van der Waals surface area contributed by atoms with E-state index < -0.39 is 9.84 Å². The largest absolute Gasteiger partial charge is 0.354 e. The number of hydrogen-bond acceptors (Lipinski definition) is 4. The molecule has 0 unspecified atom stereocenters. The maximum Gasteiger partial charge on any atom is 0.275 e. The number of rotatable bonds is 7. The standard InChI is InChI=1S/C19H21N3O4S/c1-21-11-7-15-8-12-22(19(24)18(15)21)13-10-20-17(23)9-14-27(25,26)16-5-3-2-4-6-16/h2-8,11-12H,9-10,13-14H2,1H3,(H,20,23). The summed E-state index contributed by atoms with van der Waals surface area (Å²) < 4.78 is 27.7. The fraction of sp³-hybridized carbons (Fsp3) is 0.263. The Balaban J connectivity index is 1.54. The number of benzene rings is 1. The Kier molecular flexibility index (Phi) is 5.46. The second kappa shape index (κ2) is 7.79. The van der Waals surface area contributed by atoms with Crippen LogP contribution in [0.15, 0.2) is 64.5 Å². The van der Waals surface area contributed by atoms with E-state index in [0.29, 0.717) is 12.1 Å². The van der Waals surface area contributed by atoms with E-state index in [0.717, 1.165) is 5.39 Å². The SMILES string of the molecule is Cn1ccc2ccn(CCNC(=O)CCS(=O)(=O)c3ccccc3)c(=O)c21. The minimum atomic E-state index is -3.48. The van der Waals surface area contributed by atoms with Crippen LogP contribution >= 0.6 is 0 Å². The monoisotopic (exact) mass is 387 g/mol. The topological polar surface area (TPSA) is 90.2 Å². The number of fused-ring (bicyclic) bond motifs is 1. The van der Waals surface area contributed by atoms with Crippen molar-refractivity contribution in [3.8, 4) is 0 Å². The lowest BCUT2D eigenvalue weighted by atomic mass is 10.3. The predicted octanol–water partition coefficient (Wildman–Crippen LogP) is 1.32. The minimum Gasteiger partial charge on any atom is -0.354 e. The van der Waals surface area contributed by atoms with Crippen molar-refractivity contribution < 1.29 is 13.2 Å². The molecule has 0 bridgehead atoms. The average molecular weight is 387 g/mol. The van der Waals surface area contributed by atoms with Gasteiger partial charge in [0.15, 0.2) is 9.84 Å². The molecule has 0 aliphatic rings. The Morgan fingerprint density at radius 2 is 1.78 bits per heavy atom. The lowest BCUT2D eigenvalue weighted by molar-refractivity contribution is -0.120. The number of hydrogen-bond donors (Lipinski definition) is 1. The highest BCUT2D eigenvalue weighted by Crippen LogP contribution is 2.11. The molecule has 0 fully saturated rings. The second-order valence-electron chi connectivity index (χ2n) is 6.28. The van der Waals surface area contributed by atoms with Crippen LogP contribution in [0.2, 0.25) is 0 Å². The van der Waals surface area contributed by atoms with Crippen LogP contribution in [-0.4, -0.2) is 35.8 Å². The van der Waals surface area contributed by atoms with Gasteiger partial charge in [0.1, 0.15) is 5.52 Å². The molecule has 0 aliphatic carbocycles. The number of sulfone groups is 1. The Bertz CT molecular complexity index is 1110. The van der Waals surface area contributed by atoms with Crippen LogP contribution in [0.1, 0.15) is 6.42 Å². The molecule has 0 saturated heterocycles. The van der Waals surface area contributed by atoms with Gasteiger partial charge in [-0.1, -0.05) is 18.2 Å². The van der Waals surface area contributed by atoms with Crippen LogP contribution in [-0.2, 0) is 28.2 Å². The van der Waals surface area contributed by atoms with Crippen molar-refractivity contribution >= 4 is 26.6 Å². The third-order valence-electron chi connectivity index (χ3n) is 4.38. The van der Waals surface area contributed by atoms with Crippen molar-refractivity contribution in [2.24, 2.45) is 7.05 Å². The zero-order valence-corrected chi connectivity index (χ0v) is 15.8. The first kappa shape index (κ1) is 18.9. The van der Waals surface area contributed by atoms with Crippen LogP contribution in [0, 0.1) is 0 Å². The van der Waals surface area contributed by atoms with Gasteiger partial charge in [0, 0.05) is 44.3 Å². The van der Waals surface area contributed by atoms with Crippen molar-refractivity contribution in [2.45, 2.75) is 17.9 Å². The summed E-state index contributed by atoms with van der Waals surface area (Å²) in [5.41, 5.74) is 0.485. The number of nitrogens with one attached hydrogen (secondary N) is 1. The molecule has 1 N–H and O–H groups in total. The molecule has 3 rings (SSSR count). The zero-order chi connectivity index (χ0) is 19.4. The molecule has 7 nitrogen and oxygen atoms in total. The van der Waals surface area contributed by atoms with Gasteiger partial charge in [-0.15, -0.1) is 0 Å². The number of carbonyl (C=O) groups excluding carboxylic acids is 1. The van der Waals surface area contributed by atoms with Crippen LogP contribution in [0.3, 0.4) is 0 Å². The number of nitrogens with zero attached hydrogens (tertiary/aromatic N) is 2. The van der Waals surface area contributed by atoms with E-state index in [-0.39, 0.29) is 35.1 Å². The van der Waals surface area contributed by atoms with Crippen LogP contribution < -0.4 is 10.9 Å². The predicted molar refractivity (Wildman–Crippen MR) is 103 cm³/mol. The maximum absolute atomic E-state index is 12.5. The van der Waals surface area contributed by atoms with Crippen molar-refractivity contribution in [2.75, 3.05) is 12.3 Å². The summed E-state index contributed by atoms with van der Waals surface area (Å²) in [5, 5.41) is 3.54. The van der Waals surface area contributed by atoms with E-state index >= 15 is 0 Å². The fourth-order valence-electron chi connectivity index (χ4n) is 2.89. The first-order valence-corrected chi connectivity index (χ1v) is 10.2. The van der Waals surface area contributed by atoms with Gasteiger partial charge in [0.2, 0.25) is 5.91 Å². The quantitative estimate of drug-likeness (QED) is 0.662. The van der Waals surface area contributed by atoms with Crippen LogP contribution in [0.4, 0.5) is 0 Å². The molecular weight excluding hydrogens is 366 g/mol. The summed E-state index contributed by atoms with van der Waals surface area (Å²) in [7, 11) is -1.67. The fourth-order valence-corrected chi connectivity index (χ4v) is 4.15. The summed E-state index contributed by atoms with van der Waals surface area (Å²) >= 11 is 0. The molecule has 2 aromatic heterocycles. The zero-order valence-electron chi connectivity index (χ0n) is 15.0. The molecule has 1 amide bonds. The Hall–Kier alpha value is -2.87. The second-order valence-corrected chi connectivity index (χ2v) is 8.39. The number of pyridine rings is 1. The van der Waals surface area contributed by atoms with Crippen LogP contribution in [0.5, 0.6) is 0 Å². The molecule has 2 heterocycles. The molecule has 3 aromatic rings. The summed E-state index contributed by atoms with van der Waals surface area (Å²) in [6.07, 6.45) is 3.39. The highest BCUT2D eigenvalue weighted by molar-refractivity contribution is 7.91. The molecule has 8 heteroatoms. The van der Waals surface area contributed by atoms with E-state index in [9.17, 15) is 18.0 Å². The molecule has 0 radical (unpaired) electrons. The van der Waals surface area contributed by atoms with Gasteiger partial charge >= 0.3 is 0 Å². The lowest BCUT2D eigenvalue weighted by Crippen LogP contribution is -2.31. The summed E-state index contributed by atoms with van der Waals surface area (Å²) in [6, 6.07) is 11.8. The molecule has 0 spiro atoms. The lowest BCUT2D eigenvalue weighted by Gasteiger charge is -2.09. The van der Waals surface area contributed by atoms with Crippen molar-refractivity contribution in [3.63, 3.8) is 0 Å². The highest BCUT2D eigenvalue weighted by Gasteiger charge is 2.16. The first-order valence-electron chi connectivity index (χ1n) is 8.57. The molecule has 142 valence electrons. The van der Waals surface area contributed by atoms with Gasteiger partial charge in [-0.3, -0.25) is 9.59 Å². The highest BCUT2D eigenvalue weighted by atomic mass is 32.2. The third kappa shape index (κ3) is 4.28. The summed E-state index contributed by atoms with van der Waals surface area (Å²) in [5.74, 6) is -0.611. The Morgan fingerprint density at radius 1 is 1.07 bits per heavy atom. The molecule has 1 aromatic carbocycles. The molecular formula is C19H21N3O4S. The number of aromatic nitrogens is 2. The van der Waals surface area contributed by atoms with Gasteiger partial charge in [-0.25, -0.2) is 8.42 Å². The summed E-state index contributed by atoms with van der Waals surface area (Å²) in [6.45, 7) is 0.567. The average Bonchev–Trinajstić information content (AvgIpc) is 3.04. The van der Waals surface area contributed by atoms with E-state index in [2.05, 4.69) is 5.32 Å². The van der Waals surface area contributed by atoms with Gasteiger partial charge in [0.05, 0.1) is 10.6 Å². The maximum atomic E-state index is 12.5. The molecule has 27 heavy (non-hydrogen) atoms. The molecule has 0 atom stereocenters. The van der Waals surface area contributed by atoms with E-state index in [1.54, 1.807) is 29.0 Å². The van der Waals surface area contributed by atoms with Gasteiger partial charge in [0.25, 0.3) is 5.56 Å². The van der Waals surface area contributed by atoms with Crippen molar-refractivity contribution in [1.29, 1.82) is 0 Å². The number of amides is 1. The Labute approximate surface area is 157 Å². The minimum absolute atomic E-state index is 0.122. The van der Waals surface area contributed by atoms with Crippen LogP contribution in [0.25, 0.3) is 10.9 Å². The Morgan fingerprint density at radius 3 is 2.52 bits per heavy atom. The first-order chi connectivity index (χ1) is 12.9. The smallest absolute Gasteiger partial charge is 0.275 e. The number of carbonyl (C=O) groups is 1. The van der Waals surface area contributed by atoms with Crippen molar-refractivity contribution in [3.05, 3.63) is 65.2 Å². The third-order valence-corrected chi connectivity index (χ3v) is 6.11. The van der Waals surface area contributed by atoms with E-state index in [1.807, 2.05) is 25.4 Å². The summed E-state index contributed by atoms with van der Waals surface area (Å²) in [4.78, 5) is 24.6. The number of aryl methyl sites for hydroxylation is 1. The van der Waals surface area contributed by atoms with Crippen molar-refractivity contribution in [1.82, 2.24) is 14.5 Å². The van der Waals surface area contributed by atoms with E-state index in [4.69, 9.17) is 0 Å². The molecule has 0 aliphatic heterocycles. The molecule has 0 saturated carbocycles. The van der Waals surface area contributed by atoms with Gasteiger partial charge in [-0.05, 0) is 24.3 Å². The van der Waals surface area contributed by atoms with Gasteiger partial charge < -0.3 is 14.5 Å². The van der Waals surface area contributed by atoms with E-state index in [1.165, 1.54) is 16.7 Å². The normalized spacial score (nSPS) is 11.6.